The average Bonchev–Trinajstić information content (AvgIpc) is 2.41. The van der Waals surface area contributed by atoms with Crippen molar-refractivity contribution in [1.82, 2.24) is 4.90 Å². The molecule has 23 heavy (non-hydrogen) atoms. The van der Waals surface area contributed by atoms with Crippen LogP contribution in [0.15, 0.2) is 36.5 Å². The van der Waals surface area contributed by atoms with Crippen LogP contribution in [0.25, 0.3) is 6.08 Å². The van der Waals surface area contributed by atoms with Crippen LogP contribution in [-0.4, -0.2) is 28.5 Å². The molecular weight excluding hydrogens is 292 g/mol. The van der Waals surface area contributed by atoms with Crippen LogP contribution in [0.4, 0.5) is 4.79 Å². The Hall–Kier alpha value is -2.30. The first kappa shape index (κ1) is 18.7. The molecule has 0 bridgehead atoms. The van der Waals surface area contributed by atoms with Crippen molar-refractivity contribution in [2.24, 2.45) is 11.7 Å². The van der Waals surface area contributed by atoms with Crippen LogP contribution in [0.1, 0.15) is 40.2 Å². The van der Waals surface area contributed by atoms with Crippen molar-refractivity contribution in [2.75, 3.05) is 0 Å². The van der Waals surface area contributed by atoms with Crippen molar-refractivity contribution in [3.8, 4) is 0 Å². The Balaban J connectivity index is 3.12. The van der Waals surface area contributed by atoms with Gasteiger partial charge in [0.05, 0.1) is 0 Å². The van der Waals surface area contributed by atoms with Gasteiger partial charge in [0, 0.05) is 6.20 Å². The Morgan fingerprint density at radius 3 is 2.17 bits per heavy atom. The van der Waals surface area contributed by atoms with Gasteiger partial charge in [-0.1, -0.05) is 44.2 Å². The summed E-state index contributed by atoms with van der Waals surface area (Å²) in [6.07, 6.45) is 2.71. The van der Waals surface area contributed by atoms with Crippen molar-refractivity contribution in [3.63, 3.8) is 0 Å². The van der Waals surface area contributed by atoms with Crippen LogP contribution in [-0.2, 0) is 9.53 Å². The molecule has 5 heteroatoms. The molecule has 2 amide bonds. The van der Waals surface area contributed by atoms with Gasteiger partial charge >= 0.3 is 6.09 Å². The molecule has 5 nitrogen and oxygen atoms in total. The van der Waals surface area contributed by atoms with E-state index in [1.54, 1.807) is 33.0 Å². The summed E-state index contributed by atoms with van der Waals surface area (Å²) in [5.41, 5.74) is 5.74. The molecule has 1 aromatic carbocycles. The Bertz CT molecular complexity index is 559. The van der Waals surface area contributed by atoms with E-state index < -0.39 is 23.6 Å². The molecule has 0 aliphatic carbocycles. The average molecular weight is 318 g/mol. The normalized spacial score (nSPS) is 13.1. The lowest BCUT2D eigenvalue weighted by Gasteiger charge is -2.31. The third kappa shape index (κ3) is 6.14. The van der Waals surface area contributed by atoms with E-state index in [1.807, 2.05) is 44.2 Å². The number of primary amides is 1. The molecule has 0 aliphatic heterocycles. The molecule has 126 valence electrons. The molecule has 0 aliphatic rings. The molecule has 0 spiro atoms. The topological polar surface area (TPSA) is 72.6 Å². The lowest BCUT2D eigenvalue weighted by molar-refractivity contribution is -0.123. The summed E-state index contributed by atoms with van der Waals surface area (Å²) < 4.78 is 5.40. The summed E-state index contributed by atoms with van der Waals surface area (Å²) in [5, 5.41) is 0. The number of nitrogens with two attached hydrogens (primary N) is 1. The van der Waals surface area contributed by atoms with Crippen LogP contribution in [0, 0.1) is 5.92 Å². The summed E-state index contributed by atoms with van der Waals surface area (Å²) in [6, 6.07) is 8.72. The van der Waals surface area contributed by atoms with Gasteiger partial charge in [-0.15, -0.1) is 0 Å². The molecule has 0 saturated carbocycles. The van der Waals surface area contributed by atoms with E-state index in [-0.39, 0.29) is 5.92 Å². The van der Waals surface area contributed by atoms with E-state index in [0.29, 0.717) is 0 Å². The highest BCUT2D eigenvalue weighted by molar-refractivity contribution is 5.85. The summed E-state index contributed by atoms with van der Waals surface area (Å²) in [7, 11) is 0. The molecule has 0 fully saturated rings. The Kier molecular flexibility index (Phi) is 6.37. The third-order valence-corrected chi connectivity index (χ3v) is 3.05. The van der Waals surface area contributed by atoms with Gasteiger partial charge in [-0.05, 0) is 38.3 Å². The quantitative estimate of drug-likeness (QED) is 0.904. The van der Waals surface area contributed by atoms with Gasteiger partial charge in [0.25, 0.3) is 0 Å². The minimum absolute atomic E-state index is 0.138. The molecular formula is C18H26N2O3. The standard InChI is InChI=1S/C18H26N2O3/c1-13(2)15(16(19)21)20(17(22)23-18(3,4)5)12-11-14-9-7-6-8-10-14/h6-13,15H,1-5H3,(H2,19,21)/t15-/m0/s1. The van der Waals surface area contributed by atoms with E-state index >= 15 is 0 Å². The van der Waals surface area contributed by atoms with Crippen LogP contribution in [0.3, 0.4) is 0 Å². The zero-order valence-electron chi connectivity index (χ0n) is 14.4. The second-order valence-electron chi connectivity index (χ2n) is 6.71. The Morgan fingerprint density at radius 1 is 1.17 bits per heavy atom. The third-order valence-electron chi connectivity index (χ3n) is 3.05. The van der Waals surface area contributed by atoms with Gasteiger partial charge < -0.3 is 10.5 Å². The van der Waals surface area contributed by atoms with Crippen LogP contribution < -0.4 is 5.73 Å². The maximum absolute atomic E-state index is 12.5. The van der Waals surface area contributed by atoms with Crippen molar-refractivity contribution in [2.45, 2.75) is 46.3 Å². The van der Waals surface area contributed by atoms with Gasteiger partial charge in [-0.2, -0.15) is 0 Å². The molecule has 1 aromatic rings. The van der Waals surface area contributed by atoms with Crippen LogP contribution in [0.2, 0.25) is 0 Å². The predicted octanol–water partition coefficient (Wildman–Crippen LogP) is 3.40. The number of benzene rings is 1. The van der Waals surface area contributed by atoms with E-state index in [0.717, 1.165) is 5.56 Å². The van der Waals surface area contributed by atoms with Crippen molar-refractivity contribution < 1.29 is 14.3 Å². The molecule has 0 heterocycles. The lowest BCUT2D eigenvalue weighted by atomic mass is 10.0. The molecule has 2 N–H and O–H groups in total. The predicted molar refractivity (Wildman–Crippen MR) is 91.4 cm³/mol. The molecule has 0 aromatic heterocycles. The van der Waals surface area contributed by atoms with Crippen molar-refractivity contribution >= 4 is 18.1 Å². The number of rotatable bonds is 5. The fourth-order valence-corrected chi connectivity index (χ4v) is 2.10. The van der Waals surface area contributed by atoms with Gasteiger partial charge in [-0.25, -0.2) is 4.79 Å². The first-order chi connectivity index (χ1) is 10.6. The van der Waals surface area contributed by atoms with E-state index in [1.165, 1.54) is 4.90 Å². The van der Waals surface area contributed by atoms with Gasteiger partial charge in [0.15, 0.2) is 0 Å². The smallest absolute Gasteiger partial charge is 0.415 e. The van der Waals surface area contributed by atoms with E-state index in [9.17, 15) is 9.59 Å². The molecule has 1 atom stereocenters. The SMILES string of the molecule is CC(C)[C@@H](C(N)=O)N(C=Cc1ccccc1)C(=O)OC(C)(C)C. The number of hydrogen-bond donors (Lipinski definition) is 1. The number of ether oxygens (including phenoxy) is 1. The lowest BCUT2D eigenvalue weighted by Crippen LogP contribution is -2.49. The largest absolute Gasteiger partial charge is 0.443 e. The summed E-state index contributed by atoms with van der Waals surface area (Å²) in [4.78, 5) is 25.5. The summed E-state index contributed by atoms with van der Waals surface area (Å²) >= 11 is 0. The van der Waals surface area contributed by atoms with E-state index in [4.69, 9.17) is 10.5 Å². The minimum atomic E-state index is -0.773. The fourth-order valence-electron chi connectivity index (χ4n) is 2.10. The zero-order chi connectivity index (χ0) is 17.6. The monoisotopic (exact) mass is 318 g/mol. The number of nitrogens with zero attached hydrogens (tertiary/aromatic N) is 1. The van der Waals surface area contributed by atoms with Gasteiger partial charge in [0.1, 0.15) is 11.6 Å². The second kappa shape index (κ2) is 7.81. The summed E-state index contributed by atoms with van der Waals surface area (Å²) in [6.45, 7) is 9.00. The van der Waals surface area contributed by atoms with Crippen molar-refractivity contribution in [3.05, 3.63) is 42.1 Å². The molecule has 0 unspecified atom stereocenters. The molecule has 0 radical (unpaired) electrons. The van der Waals surface area contributed by atoms with Gasteiger partial charge in [0.2, 0.25) is 5.91 Å². The Morgan fingerprint density at radius 2 is 1.74 bits per heavy atom. The van der Waals surface area contributed by atoms with Crippen LogP contribution >= 0.6 is 0 Å². The maximum atomic E-state index is 12.5. The van der Waals surface area contributed by atoms with Crippen LogP contribution in [0.5, 0.6) is 0 Å². The number of hydrogen-bond acceptors (Lipinski definition) is 3. The number of carbonyl (C=O) groups excluding carboxylic acids is 2. The molecule has 1 rings (SSSR count). The highest BCUT2D eigenvalue weighted by atomic mass is 16.6. The van der Waals surface area contributed by atoms with Gasteiger partial charge in [-0.3, -0.25) is 9.69 Å². The first-order valence-corrected chi connectivity index (χ1v) is 7.65. The molecule has 0 saturated heterocycles. The van der Waals surface area contributed by atoms with E-state index in [2.05, 4.69) is 0 Å². The fraction of sp³-hybridized carbons (Fsp3) is 0.444. The zero-order valence-corrected chi connectivity index (χ0v) is 14.4. The van der Waals surface area contributed by atoms with Crippen molar-refractivity contribution in [1.29, 1.82) is 0 Å². The number of carbonyl (C=O) groups is 2. The first-order valence-electron chi connectivity index (χ1n) is 7.65. The highest BCUT2D eigenvalue weighted by Gasteiger charge is 2.32. The Labute approximate surface area is 138 Å². The number of amides is 2. The second-order valence-corrected chi connectivity index (χ2v) is 6.71. The minimum Gasteiger partial charge on any atom is -0.443 e. The highest BCUT2D eigenvalue weighted by Crippen LogP contribution is 2.18. The maximum Gasteiger partial charge on any atom is 0.415 e. The summed E-state index contributed by atoms with van der Waals surface area (Å²) in [5.74, 6) is -0.705.